The number of carbonyl (C=O) groups is 1. The van der Waals surface area contributed by atoms with E-state index in [0.29, 0.717) is 23.0 Å². The van der Waals surface area contributed by atoms with Gasteiger partial charge in [-0.3, -0.25) is 4.79 Å². The number of pyridine rings is 2. The van der Waals surface area contributed by atoms with Crippen LogP contribution in [-0.2, 0) is 0 Å². The Morgan fingerprint density at radius 3 is 2.54 bits per heavy atom. The average Bonchev–Trinajstić information content (AvgIpc) is 2.57. The van der Waals surface area contributed by atoms with E-state index < -0.39 is 0 Å². The summed E-state index contributed by atoms with van der Waals surface area (Å²) in [6.45, 7) is 1.94. The lowest BCUT2D eigenvalue weighted by atomic mass is 10.2. The van der Waals surface area contributed by atoms with Gasteiger partial charge in [0.15, 0.2) is 0 Å². The fourth-order valence-electron chi connectivity index (χ4n) is 1.99. The minimum atomic E-state index is -0.268. The molecule has 0 bridgehead atoms. The monoisotopic (exact) mass is 383 g/mol. The molecule has 0 saturated carbocycles. The molecule has 0 unspecified atom stereocenters. The number of ether oxygens (including phenoxy) is 1. The summed E-state index contributed by atoms with van der Waals surface area (Å²) in [4.78, 5) is 20.5. The Kier molecular flexibility index (Phi) is 4.86. The summed E-state index contributed by atoms with van der Waals surface area (Å²) in [6, 6.07) is 14.4. The molecule has 1 amide bonds. The summed E-state index contributed by atoms with van der Waals surface area (Å²) >= 11 is 3.37. The van der Waals surface area contributed by atoms with E-state index in [2.05, 4.69) is 31.2 Å². The Balaban J connectivity index is 1.67. The highest BCUT2D eigenvalue weighted by Crippen LogP contribution is 2.21. The highest BCUT2D eigenvalue weighted by Gasteiger charge is 2.08. The smallest absolute Gasteiger partial charge is 0.258 e. The van der Waals surface area contributed by atoms with E-state index in [9.17, 15) is 4.79 Å². The van der Waals surface area contributed by atoms with Crippen molar-refractivity contribution in [1.82, 2.24) is 9.97 Å². The molecule has 2 aromatic heterocycles. The summed E-state index contributed by atoms with van der Waals surface area (Å²) in [6.07, 6.45) is 3.12. The minimum absolute atomic E-state index is 0.268. The van der Waals surface area contributed by atoms with Crippen molar-refractivity contribution >= 4 is 27.7 Å². The lowest BCUT2D eigenvalue weighted by molar-refractivity contribution is 0.102. The molecule has 0 atom stereocenters. The van der Waals surface area contributed by atoms with Crippen molar-refractivity contribution in [2.24, 2.45) is 0 Å². The number of benzene rings is 1. The van der Waals surface area contributed by atoms with Crippen LogP contribution in [0.25, 0.3) is 0 Å². The van der Waals surface area contributed by atoms with Crippen LogP contribution in [0, 0.1) is 6.92 Å². The number of rotatable bonds is 4. The van der Waals surface area contributed by atoms with Gasteiger partial charge in [0, 0.05) is 22.9 Å². The van der Waals surface area contributed by atoms with Crippen LogP contribution in [0.5, 0.6) is 11.6 Å². The predicted octanol–water partition coefficient (Wildman–Crippen LogP) is 4.59. The van der Waals surface area contributed by atoms with Crippen LogP contribution < -0.4 is 10.1 Å². The molecule has 1 N–H and O–H groups in total. The second-order valence-electron chi connectivity index (χ2n) is 5.11. The first-order valence-electron chi connectivity index (χ1n) is 7.24. The summed E-state index contributed by atoms with van der Waals surface area (Å²) in [5, 5.41) is 2.74. The normalized spacial score (nSPS) is 10.2. The molecule has 5 nitrogen and oxygen atoms in total. The molecule has 0 aliphatic rings. The van der Waals surface area contributed by atoms with Gasteiger partial charge in [-0.15, -0.1) is 0 Å². The van der Waals surface area contributed by atoms with Crippen LogP contribution in [0.4, 0.5) is 5.82 Å². The van der Waals surface area contributed by atoms with Crippen LogP contribution in [0.2, 0.25) is 0 Å². The average molecular weight is 384 g/mol. The molecule has 6 heteroatoms. The molecule has 0 fully saturated rings. The number of hydrogen-bond acceptors (Lipinski definition) is 4. The maximum Gasteiger partial charge on any atom is 0.258 e. The molecular weight excluding hydrogens is 370 g/mol. The van der Waals surface area contributed by atoms with E-state index in [1.54, 1.807) is 24.4 Å². The third kappa shape index (κ3) is 4.17. The molecule has 120 valence electrons. The van der Waals surface area contributed by atoms with Gasteiger partial charge in [0.1, 0.15) is 11.6 Å². The fourth-order valence-corrected chi connectivity index (χ4v) is 2.26. The number of nitrogens with one attached hydrogen (secondary N) is 1. The highest BCUT2D eigenvalue weighted by molar-refractivity contribution is 9.10. The van der Waals surface area contributed by atoms with Crippen molar-refractivity contribution < 1.29 is 9.53 Å². The zero-order chi connectivity index (χ0) is 16.9. The molecule has 3 aromatic rings. The molecule has 0 aliphatic heterocycles. The van der Waals surface area contributed by atoms with Crippen molar-refractivity contribution in [3.05, 3.63) is 76.5 Å². The molecule has 1 aromatic carbocycles. The van der Waals surface area contributed by atoms with Gasteiger partial charge in [-0.1, -0.05) is 15.9 Å². The Bertz CT molecular complexity index is 849. The second kappa shape index (κ2) is 7.23. The Morgan fingerprint density at radius 2 is 1.88 bits per heavy atom. The standard InChI is InChI=1S/C18H14BrN3O2/c1-12-8-9-20-16(10-12)22-18(23)13-2-7-17(21-11-13)24-15-5-3-14(19)4-6-15/h2-11H,1H3,(H,20,22,23). The maximum absolute atomic E-state index is 12.2. The number of aromatic nitrogens is 2. The second-order valence-corrected chi connectivity index (χ2v) is 6.03. The first-order valence-corrected chi connectivity index (χ1v) is 8.03. The summed E-state index contributed by atoms with van der Waals surface area (Å²) in [5.41, 5.74) is 1.46. The zero-order valence-corrected chi connectivity index (χ0v) is 14.4. The third-order valence-electron chi connectivity index (χ3n) is 3.19. The molecule has 0 radical (unpaired) electrons. The molecule has 0 aliphatic carbocycles. The van der Waals surface area contributed by atoms with Gasteiger partial charge in [-0.05, 0) is 55.0 Å². The first kappa shape index (κ1) is 16.1. The topological polar surface area (TPSA) is 64.1 Å². The van der Waals surface area contributed by atoms with Crippen LogP contribution in [0.15, 0.2) is 65.4 Å². The molecular formula is C18H14BrN3O2. The number of anilines is 1. The zero-order valence-electron chi connectivity index (χ0n) is 12.9. The SMILES string of the molecule is Cc1ccnc(NC(=O)c2ccc(Oc3ccc(Br)cc3)nc2)c1. The Labute approximate surface area is 147 Å². The van der Waals surface area contributed by atoms with E-state index in [0.717, 1.165) is 10.0 Å². The van der Waals surface area contributed by atoms with Gasteiger partial charge in [0.05, 0.1) is 5.56 Å². The molecule has 0 saturated heterocycles. The van der Waals surface area contributed by atoms with Gasteiger partial charge in [0.25, 0.3) is 5.91 Å². The lowest BCUT2D eigenvalue weighted by Crippen LogP contribution is -2.13. The number of halogens is 1. The van der Waals surface area contributed by atoms with E-state index >= 15 is 0 Å². The third-order valence-corrected chi connectivity index (χ3v) is 3.72. The molecule has 24 heavy (non-hydrogen) atoms. The highest BCUT2D eigenvalue weighted by atomic mass is 79.9. The Hall–Kier alpha value is -2.73. The van der Waals surface area contributed by atoms with E-state index in [1.807, 2.05) is 37.3 Å². The van der Waals surface area contributed by atoms with Crippen molar-refractivity contribution in [2.75, 3.05) is 5.32 Å². The Morgan fingerprint density at radius 1 is 1.08 bits per heavy atom. The van der Waals surface area contributed by atoms with Crippen molar-refractivity contribution in [3.63, 3.8) is 0 Å². The summed E-state index contributed by atoms with van der Waals surface area (Å²) < 4.78 is 6.60. The lowest BCUT2D eigenvalue weighted by Gasteiger charge is -2.07. The van der Waals surface area contributed by atoms with Crippen LogP contribution in [0.1, 0.15) is 15.9 Å². The van der Waals surface area contributed by atoms with Crippen LogP contribution in [0.3, 0.4) is 0 Å². The van der Waals surface area contributed by atoms with E-state index in [1.165, 1.54) is 6.20 Å². The quantitative estimate of drug-likeness (QED) is 0.715. The van der Waals surface area contributed by atoms with Gasteiger partial charge < -0.3 is 10.1 Å². The van der Waals surface area contributed by atoms with Crippen LogP contribution in [-0.4, -0.2) is 15.9 Å². The van der Waals surface area contributed by atoms with Crippen LogP contribution >= 0.6 is 15.9 Å². The van der Waals surface area contributed by atoms with Crippen molar-refractivity contribution in [2.45, 2.75) is 6.92 Å². The summed E-state index contributed by atoms with van der Waals surface area (Å²) in [5.74, 6) is 1.33. The molecule has 0 spiro atoms. The molecule has 2 heterocycles. The number of nitrogens with zero attached hydrogens (tertiary/aromatic N) is 2. The number of carbonyl (C=O) groups excluding carboxylic acids is 1. The first-order chi connectivity index (χ1) is 11.6. The van der Waals surface area contributed by atoms with Gasteiger partial charge >= 0.3 is 0 Å². The van der Waals surface area contributed by atoms with Crippen molar-refractivity contribution in [1.29, 1.82) is 0 Å². The fraction of sp³-hybridized carbons (Fsp3) is 0.0556. The summed E-state index contributed by atoms with van der Waals surface area (Å²) in [7, 11) is 0. The number of amides is 1. The van der Waals surface area contributed by atoms with Gasteiger partial charge in [-0.25, -0.2) is 9.97 Å². The van der Waals surface area contributed by atoms with E-state index in [-0.39, 0.29) is 5.91 Å². The van der Waals surface area contributed by atoms with Gasteiger partial charge in [-0.2, -0.15) is 0 Å². The van der Waals surface area contributed by atoms with Gasteiger partial charge in [0.2, 0.25) is 5.88 Å². The minimum Gasteiger partial charge on any atom is -0.439 e. The van der Waals surface area contributed by atoms with Crippen molar-refractivity contribution in [3.8, 4) is 11.6 Å². The molecule has 3 rings (SSSR count). The number of hydrogen-bond donors (Lipinski definition) is 1. The number of aryl methyl sites for hydroxylation is 1. The largest absolute Gasteiger partial charge is 0.439 e. The van der Waals surface area contributed by atoms with E-state index in [4.69, 9.17) is 4.74 Å². The maximum atomic E-state index is 12.2. The predicted molar refractivity (Wildman–Crippen MR) is 95.4 cm³/mol.